The molecule has 0 atom stereocenters. The van der Waals surface area contributed by atoms with Gasteiger partial charge in [0.1, 0.15) is 17.3 Å². The summed E-state index contributed by atoms with van der Waals surface area (Å²) in [6.45, 7) is 0.125. The van der Waals surface area contributed by atoms with Crippen LogP contribution in [0.15, 0.2) is 53.1 Å². The molecule has 0 aliphatic heterocycles. The summed E-state index contributed by atoms with van der Waals surface area (Å²) >= 11 is 5.68. The number of pyridine rings is 1. The lowest BCUT2D eigenvalue weighted by molar-refractivity contribution is 0.0438. The summed E-state index contributed by atoms with van der Waals surface area (Å²) in [5.74, 6) is -0.315. The van der Waals surface area contributed by atoms with E-state index >= 15 is 0 Å². The number of aromatic nitrogens is 1. The first-order valence-corrected chi connectivity index (χ1v) is 6.36. The molecule has 0 saturated heterocycles. The number of furan rings is 1. The number of halogens is 1. The number of hydrogen-bond acceptors (Lipinski definition) is 4. The standard InChI is InChI=1S/C15H10ClNO3/c16-14-6-5-10(8-17-14)9-19-15(18)13-7-11-3-1-2-4-12(11)20-13/h1-8H,9H2. The van der Waals surface area contributed by atoms with Crippen molar-refractivity contribution in [3.63, 3.8) is 0 Å². The van der Waals surface area contributed by atoms with Gasteiger partial charge in [-0.3, -0.25) is 0 Å². The molecule has 0 bridgehead atoms. The van der Waals surface area contributed by atoms with E-state index in [1.165, 1.54) is 0 Å². The second kappa shape index (κ2) is 5.35. The molecule has 3 rings (SSSR count). The average Bonchev–Trinajstić information content (AvgIpc) is 2.90. The molecule has 1 aromatic carbocycles. The molecule has 0 saturated carbocycles. The fourth-order valence-electron chi connectivity index (χ4n) is 1.79. The van der Waals surface area contributed by atoms with E-state index in [-0.39, 0.29) is 12.4 Å². The smallest absolute Gasteiger partial charge is 0.374 e. The molecular formula is C15H10ClNO3. The van der Waals surface area contributed by atoms with Crippen LogP contribution in [0.25, 0.3) is 11.0 Å². The molecular weight excluding hydrogens is 278 g/mol. The van der Waals surface area contributed by atoms with Crippen molar-refractivity contribution < 1.29 is 13.9 Å². The van der Waals surface area contributed by atoms with E-state index in [0.717, 1.165) is 10.9 Å². The second-order valence-electron chi connectivity index (χ2n) is 4.21. The number of hydrogen-bond donors (Lipinski definition) is 0. The Bertz CT molecular complexity index is 716. The minimum Gasteiger partial charge on any atom is -0.455 e. The molecule has 100 valence electrons. The maximum atomic E-state index is 11.9. The Kier molecular flexibility index (Phi) is 3.39. The first-order valence-electron chi connectivity index (χ1n) is 5.98. The van der Waals surface area contributed by atoms with Crippen molar-refractivity contribution in [3.05, 3.63) is 65.1 Å². The van der Waals surface area contributed by atoms with Gasteiger partial charge in [-0.1, -0.05) is 35.9 Å². The second-order valence-corrected chi connectivity index (χ2v) is 4.60. The minimum absolute atomic E-state index is 0.125. The first-order chi connectivity index (χ1) is 9.72. The van der Waals surface area contributed by atoms with Crippen LogP contribution in [0.3, 0.4) is 0 Å². The van der Waals surface area contributed by atoms with Gasteiger partial charge in [-0.05, 0) is 18.2 Å². The zero-order chi connectivity index (χ0) is 13.9. The molecule has 3 aromatic rings. The third-order valence-corrected chi connectivity index (χ3v) is 3.01. The SMILES string of the molecule is O=C(OCc1ccc(Cl)nc1)c1cc2ccccc2o1. The molecule has 0 spiro atoms. The van der Waals surface area contributed by atoms with Crippen molar-refractivity contribution in [1.29, 1.82) is 0 Å². The predicted molar refractivity (Wildman–Crippen MR) is 74.6 cm³/mol. The Hall–Kier alpha value is -2.33. The third-order valence-electron chi connectivity index (χ3n) is 2.79. The number of fused-ring (bicyclic) bond motifs is 1. The van der Waals surface area contributed by atoms with Gasteiger partial charge in [0.15, 0.2) is 0 Å². The maximum Gasteiger partial charge on any atom is 0.374 e. The summed E-state index contributed by atoms with van der Waals surface area (Å²) in [5.41, 5.74) is 1.42. The van der Waals surface area contributed by atoms with Gasteiger partial charge in [-0.2, -0.15) is 0 Å². The summed E-state index contributed by atoms with van der Waals surface area (Å²) in [6, 6.07) is 12.5. The highest BCUT2D eigenvalue weighted by Gasteiger charge is 2.13. The van der Waals surface area contributed by atoms with Gasteiger partial charge in [0, 0.05) is 17.1 Å². The molecule has 0 amide bonds. The van der Waals surface area contributed by atoms with Crippen LogP contribution in [0.4, 0.5) is 0 Å². The third kappa shape index (κ3) is 2.65. The van der Waals surface area contributed by atoms with Crippen molar-refractivity contribution >= 4 is 28.5 Å². The molecule has 0 unspecified atom stereocenters. The van der Waals surface area contributed by atoms with Crippen molar-refractivity contribution in [2.24, 2.45) is 0 Å². The van der Waals surface area contributed by atoms with Crippen LogP contribution in [-0.4, -0.2) is 11.0 Å². The molecule has 4 nitrogen and oxygen atoms in total. The lowest BCUT2D eigenvalue weighted by Gasteiger charge is -2.02. The van der Waals surface area contributed by atoms with E-state index in [4.69, 9.17) is 20.8 Å². The zero-order valence-corrected chi connectivity index (χ0v) is 11.1. The fraction of sp³-hybridized carbons (Fsp3) is 0.0667. The lowest BCUT2D eigenvalue weighted by atomic mass is 10.2. The first kappa shape index (κ1) is 12.7. The van der Waals surface area contributed by atoms with Crippen LogP contribution in [0.5, 0.6) is 0 Å². The summed E-state index contributed by atoms with van der Waals surface area (Å²) in [6.07, 6.45) is 1.56. The van der Waals surface area contributed by atoms with Crippen molar-refractivity contribution in [3.8, 4) is 0 Å². The number of benzene rings is 1. The van der Waals surface area contributed by atoms with Crippen LogP contribution in [0.1, 0.15) is 16.1 Å². The topological polar surface area (TPSA) is 52.3 Å². The number of rotatable bonds is 3. The summed E-state index contributed by atoms with van der Waals surface area (Å²) in [5, 5.41) is 1.27. The maximum absolute atomic E-state index is 11.9. The number of carbonyl (C=O) groups is 1. The van der Waals surface area contributed by atoms with Gasteiger partial charge >= 0.3 is 5.97 Å². The molecule has 5 heteroatoms. The molecule has 0 aliphatic rings. The average molecular weight is 288 g/mol. The number of ether oxygens (including phenoxy) is 1. The largest absolute Gasteiger partial charge is 0.455 e. The minimum atomic E-state index is -0.504. The molecule has 2 aromatic heterocycles. The monoisotopic (exact) mass is 287 g/mol. The highest BCUT2D eigenvalue weighted by molar-refractivity contribution is 6.29. The molecule has 0 N–H and O–H groups in total. The van der Waals surface area contributed by atoms with Crippen molar-refractivity contribution in [1.82, 2.24) is 4.98 Å². The molecule has 0 fully saturated rings. The van der Waals surface area contributed by atoms with Crippen LogP contribution >= 0.6 is 11.6 Å². The van der Waals surface area contributed by atoms with Gasteiger partial charge in [-0.25, -0.2) is 9.78 Å². The van der Waals surface area contributed by atoms with E-state index in [1.807, 2.05) is 18.2 Å². The van der Waals surface area contributed by atoms with Gasteiger partial charge < -0.3 is 9.15 Å². The van der Waals surface area contributed by atoms with E-state index < -0.39 is 5.97 Å². The highest BCUT2D eigenvalue weighted by Crippen LogP contribution is 2.19. The van der Waals surface area contributed by atoms with Crippen LogP contribution in [0, 0.1) is 0 Å². The number of nitrogens with zero attached hydrogens (tertiary/aromatic N) is 1. The number of para-hydroxylation sites is 1. The molecule has 20 heavy (non-hydrogen) atoms. The van der Waals surface area contributed by atoms with Crippen molar-refractivity contribution in [2.45, 2.75) is 6.61 Å². The molecule has 0 radical (unpaired) electrons. The van der Waals surface area contributed by atoms with E-state index in [2.05, 4.69) is 4.98 Å². The Morgan fingerprint density at radius 1 is 1.25 bits per heavy atom. The lowest BCUT2D eigenvalue weighted by Crippen LogP contribution is -2.04. The fourth-order valence-corrected chi connectivity index (χ4v) is 1.91. The van der Waals surface area contributed by atoms with Crippen LogP contribution in [0.2, 0.25) is 5.15 Å². The predicted octanol–water partition coefficient (Wildman–Crippen LogP) is 3.84. The Morgan fingerprint density at radius 2 is 2.10 bits per heavy atom. The summed E-state index contributed by atoms with van der Waals surface area (Å²) in [4.78, 5) is 15.8. The van der Waals surface area contributed by atoms with Crippen LogP contribution in [-0.2, 0) is 11.3 Å². The zero-order valence-electron chi connectivity index (χ0n) is 10.4. The highest BCUT2D eigenvalue weighted by atomic mass is 35.5. The van der Waals surface area contributed by atoms with Crippen molar-refractivity contribution in [2.75, 3.05) is 0 Å². The van der Waals surface area contributed by atoms with E-state index in [0.29, 0.717) is 10.7 Å². The van der Waals surface area contributed by atoms with E-state index in [9.17, 15) is 4.79 Å². The summed E-state index contributed by atoms with van der Waals surface area (Å²) in [7, 11) is 0. The quantitative estimate of drug-likeness (QED) is 0.542. The van der Waals surface area contributed by atoms with Crippen LogP contribution < -0.4 is 0 Å². The van der Waals surface area contributed by atoms with Gasteiger partial charge in [0.2, 0.25) is 5.76 Å². The van der Waals surface area contributed by atoms with E-state index in [1.54, 1.807) is 30.5 Å². The van der Waals surface area contributed by atoms with Gasteiger partial charge in [0.25, 0.3) is 0 Å². The number of carbonyl (C=O) groups excluding carboxylic acids is 1. The van der Waals surface area contributed by atoms with Gasteiger partial charge in [-0.15, -0.1) is 0 Å². The Balaban J connectivity index is 1.71. The molecule has 2 heterocycles. The van der Waals surface area contributed by atoms with Gasteiger partial charge in [0.05, 0.1) is 0 Å². The number of esters is 1. The Labute approximate surface area is 119 Å². The summed E-state index contributed by atoms with van der Waals surface area (Å²) < 4.78 is 10.6. The Morgan fingerprint density at radius 3 is 2.85 bits per heavy atom. The normalized spacial score (nSPS) is 10.7. The molecule has 0 aliphatic carbocycles.